The number of halogens is 3. The summed E-state index contributed by atoms with van der Waals surface area (Å²) in [7, 11) is 1.54. The molecule has 2 amide bonds. The molecule has 2 aromatic carbocycles. The van der Waals surface area contributed by atoms with E-state index < -0.39 is 23.6 Å². The predicted molar refractivity (Wildman–Crippen MR) is 96.6 cm³/mol. The fraction of sp³-hybridized carbons (Fsp3) is 0.300. The molecule has 1 heterocycles. The van der Waals surface area contributed by atoms with Gasteiger partial charge in [0, 0.05) is 30.8 Å². The first-order valence-electron chi connectivity index (χ1n) is 8.65. The van der Waals surface area contributed by atoms with Crippen LogP contribution in [0.2, 0.25) is 0 Å². The van der Waals surface area contributed by atoms with Gasteiger partial charge < -0.3 is 15.0 Å². The van der Waals surface area contributed by atoms with Gasteiger partial charge in [-0.3, -0.25) is 9.59 Å². The van der Waals surface area contributed by atoms with Crippen molar-refractivity contribution in [2.24, 2.45) is 5.92 Å². The van der Waals surface area contributed by atoms with Crippen molar-refractivity contribution in [3.63, 3.8) is 0 Å². The van der Waals surface area contributed by atoms with Crippen molar-refractivity contribution in [2.75, 3.05) is 19.0 Å². The molecule has 0 spiro atoms. The van der Waals surface area contributed by atoms with Gasteiger partial charge in [-0.25, -0.2) is 0 Å². The monoisotopic (exact) mass is 392 g/mol. The second-order valence-corrected chi connectivity index (χ2v) is 6.55. The van der Waals surface area contributed by atoms with Gasteiger partial charge in [0.25, 0.3) is 0 Å². The van der Waals surface area contributed by atoms with Crippen molar-refractivity contribution in [3.05, 3.63) is 59.7 Å². The van der Waals surface area contributed by atoms with E-state index in [1.807, 2.05) is 18.2 Å². The Morgan fingerprint density at radius 1 is 1.21 bits per heavy atom. The molecule has 2 aromatic rings. The Morgan fingerprint density at radius 3 is 2.68 bits per heavy atom. The summed E-state index contributed by atoms with van der Waals surface area (Å²) >= 11 is 0. The number of nitrogens with zero attached hydrogens (tertiary/aromatic N) is 1. The number of likely N-dealkylation sites (tertiary alicyclic amines) is 1. The first-order chi connectivity index (χ1) is 13.3. The maximum atomic E-state index is 12.8. The number of hydrogen-bond donors (Lipinski definition) is 1. The van der Waals surface area contributed by atoms with Crippen molar-refractivity contribution in [1.82, 2.24) is 4.90 Å². The molecule has 8 heteroatoms. The number of ether oxygens (including phenoxy) is 1. The molecule has 28 heavy (non-hydrogen) atoms. The lowest BCUT2D eigenvalue weighted by atomic mass is 10.1. The third-order valence-corrected chi connectivity index (χ3v) is 4.60. The van der Waals surface area contributed by atoms with Gasteiger partial charge >= 0.3 is 6.18 Å². The van der Waals surface area contributed by atoms with Crippen LogP contribution in [0.1, 0.15) is 17.5 Å². The number of carbonyl (C=O) groups is 2. The molecule has 1 aliphatic rings. The Morgan fingerprint density at radius 2 is 1.96 bits per heavy atom. The van der Waals surface area contributed by atoms with E-state index in [2.05, 4.69) is 5.32 Å². The largest absolute Gasteiger partial charge is 0.496 e. The molecular formula is C20H19F3N2O3. The molecule has 1 fully saturated rings. The van der Waals surface area contributed by atoms with Crippen LogP contribution in [0.15, 0.2) is 48.5 Å². The summed E-state index contributed by atoms with van der Waals surface area (Å²) in [5.41, 5.74) is 0.0262. The summed E-state index contributed by atoms with van der Waals surface area (Å²) < 4.78 is 43.7. The lowest BCUT2D eigenvalue weighted by Crippen LogP contribution is -2.28. The van der Waals surface area contributed by atoms with Crippen LogP contribution in [-0.4, -0.2) is 30.4 Å². The highest BCUT2D eigenvalue weighted by Gasteiger charge is 2.35. The predicted octanol–water partition coefficient (Wildman–Crippen LogP) is 3.70. The quantitative estimate of drug-likeness (QED) is 0.844. The summed E-state index contributed by atoms with van der Waals surface area (Å²) in [5.74, 6) is -0.644. The van der Waals surface area contributed by atoms with E-state index in [9.17, 15) is 22.8 Å². The number of benzene rings is 2. The second kappa shape index (κ2) is 7.92. The van der Waals surface area contributed by atoms with E-state index in [0.29, 0.717) is 12.3 Å². The molecule has 0 saturated carbocycles. The minimum Gasteiger partial charge on any atom is -0.496 e. The van der Waals surface area contributed by atoms with Crippen molar-refractivity contribution >= 4 is 17.5 Å². The van der Waals surface area contributed by atoms with Crippen LogP contribution in [0.25, 0.3) is 0 Å². The van der Waals surface area contributed by atoms with E-state index in [0.717, 1.165) is 17.7 Å². The van der Waals surface area contributed by atoms with E-state index in [1.54, 1.807) is 11.0 Å². The third-order valence-electron chi connectivity index (χ3n) is 4.60. The number of anilines is 1. The number of para-hydroxylation sites is 1. The van der Waals surface area contributed by atoms with E-state index in [1.165, 1.54) is 19.2 Å². The van der Waals surface area contributed by atoms with Gasteiger partial charge in [0.05, 0.1) is 18.6 Å². The van der Waals surface area contributed by atoms with Gasteiger partial charge in [-0.15, -0.1) is 0 Å². The average Bonchev–Trinajstić information content (AvgIpc) is 3.02. The summed E-state index contributed by atoms with van der Waals surface area (Å²) in [6.07, 6.45) is -4.48. The van der Waals surface area contributed by atoms with Gasteiger partial charge in [0.2, 0.25) is 11.8 Å². The number of carbonyl (C=O) groups excluding carboxylic acids is 2. The first kappa shape index (κ1) is 19.7. The number of methoxy groups -OCH3 is 1. The number of alkyl halides is 3. The highest BCUT2D eigenvalue weighted by molar-refractivity contribution is 5.97. The molecule has 3 rings (SSSR count). The maximum Gasteiger partial charge on any atom is 0.416 e. The lowest BCUT2D eigenvalue weighted by Gasteiger charge is -2.18. The normalized spacial score (nSPS) is 16.9. The van der Waals surface area contributed by atoms with Crippen LogP contribution in [0, 0.1) is 5.92 Å². The van der Waals surface area contributed by atoms with Crippen LogP contribution in [0.5, 0.6) is 5.75 Å². The summed E-state index contributed by atoms with van der Waals surface area (Å²) in [6.45, 7) is 0.498. The van der Waals surface area contributed by atoms with Gasteiger partial charge in [-0.2, -0.15) is 13.2 Å². The zero-order valence-electron chi connectivity index (χ0n) is 15.1. The molecule has 0 aromatic heterocycles. The Kier molecular flexibility index (Phi) is 5.58. The molecule has 5 nitrogen and oxygen atoms in total. The minimum absolute atomic E-state index is 0.0138. The summed E-state index contributed by atoms with van der Waals surface area (Å²) in [4.78, 5) is 26.3. The number of amides is 2. The molecule has 148 valence electrons. The highest BCUT2D eigenvalue weighted by atomic mass is 19.4. The number of nitrogens with one attached hydrogen (secondary N) is 1. The number of rotatable bonds is 5. The smallest absolute Gasteiger partial charge is 0.416 e. The van der Waals surface area contributed by atoms with Crippen LogP contribution in [0.4, 0.5) is 18.9 Å². The Bertz CT molecular complexity index is 883. The molecule has 1 N–H and O–H groups in total. The third kappa shape index (κ3) is 4.44. The molecule has 0 aliphatic carbocycles. The minimum atomic E-state index is -4.49. The van der Waals surface area contributed by atoms with E-state index in [-0.39, 0.29) is 24.6 Å². The number of hydrogen-bond acceptors (Lipinski definition) is 3. The molecule has 1 saturated heterocycles. The zero-order valence-corrected chi connectivity index (χ0v) is 15.1. The maximum absolute atomic E-state index is 12.8. The standard InChI is InChI=1S/C20H19F3N2O3/c1-28-17-8-3-2-5-13(17)11-25-12-14(9-18(25)26)19(27)24-16-7-4-6-15(10-16)20(21,22)23/h2-8,10,14H,9,11-12H2,1H3,(H,24,27). The lowest BCUT2D eigenvalue weighted by molar-refractivity contribution is -0.137. The van der Waals surface area contributed by atoms with Crippen molar-refractivity contribution in [3.8, 4) is 5.75 Å². The topological polar surface area (TPSA) is 58.6 Å². The molecule has 0 radical (unpaired) electrons. The highest BCUT2D eigenvalue weighted by Crippen LogP contribution is 2.31. The van der Waals surface area contributed by atoms with Crippen LogP contribution in [0.3, 0.4) is 0 Å². The van der Waals surface area contributed by atoms with Crippen LogP contribution < -0.4 is 10.1 Å². The average molecular weight is 392 g/mol. The van der Waals surface area contributed by atoms with Gasteiger partial charge in [-0.1, -0.05) is 24.3 Å². The fourth-order valence-electron chi connectivity index (χ4n) is 3.16. The molecule has 1 unspecified atom stereocenters. The van der Waals surface area contributed by atoms with Crippen molar-refractivity contribution in [1.29, 1.82) is 0 Å². The first-order valence-corrected chi connectivity index (χ1v) is 8.65. The SMILES string of the molecule is COc1ccccc1CN1CC(C(=O)Nc2cccc(C(F)(F)F)c2)CC1=O. The van der Waals surface area contributed by atoms with Gasteiger partial charge in [0.15, 0.2) is 0 Å². The van der Waals surface area contributed by atoms with E-state index in [4.69, 9.17) is 4.74 Å². The van der Waals surface area contributed by atoms with Crippen molar-refractivity contribution < 1.29 is 27.5 Å². The van der Waals surface area contributed by atoms with Crippen LogP contribution >= 0.6 is 0 Å². The van der Waals surface area contributed by atoms with Crippen molar-refractivity contribution in [2.45, 2.75) is 19.1 Å². The van der Waals surface area contributed by atoms with Crippen LogP contribution in [-0.2, 0) is 22.3 Å². The van der Waals surface area contributed by atoms with Gasteiger partial charge in [0.1, 0.15) is 5.75 Å². The fourth-order valence-corrected chi connectivity index (χ4v) is 3.16. The molecule has 0 bridgehead atoms. The summed E-state index contributed by atoms with van der Waals surface area (Å²) in [5, 5.41) is 2.48. The Labute approximate surface area is 160 Å². The van der Waals surface area contributed by atoms with Gasteiger partial charge in [-0.05, 0) is 24.3 Å². The Balaban J connectivity index is 1.66. The second-order valence-electron chi connectivity index (χ2n) is 6.55. The molecule has 1 atom stereocenters. The van der Waals surface area contributed by atoms with E-state index >= 15 is 0 Å². The zero-order chi connectivity index (χ0) is 20.3. The molecular weight excluding hydrogens is 373 g/mol. The molecule has 1 aliphatic heterocycles. The summed E-state index contributed by atoms with van der Waals surface area (Å²) in [6, 6.07) is 11.7. The Hall–Kier alpha value is -3.03.